The van der Waals surface area contributed by atoms with Crippen molar-refractivity contribution < 1.29 is 4.79 Å². The first-order chi connectivity index (χ1) is 8.66. The Bertz CT molecular complexity index is 373. The van der Waals surface area contributed by atoms with E-state index < -0.39 is 0 Å². The average molecular weight is 303 g/mol. The predicted molar refractivity (Wildman–Crippen MR) is 82.8 cm³/mol. The molecule has 1 amide bonds. The van der Waals surface area contributed by atoms with Crippen molar-refractivity contribution in [2.75, 3.05) is 13.1 Å². The van der Waals surface area contributed by atoms with Gasteiger partial charge in [0.1, 0.15) is 0 Å². The summed E-state index contributed by atoms with van der Waals surface area (Å²) in [4.78, 5) is 14.1. The maximum atomic E-state index is 12.1. The first-order valence-corrected chi connectivity index (χ1v) is 7.65. The normalized spacial score (nSPS) is 17.9. The maximum absolute atomic E-state index is 12.1. The van der Waals surface area contributed by atoms with Crippen LogP contribution in [0.4, 0.5) is 0 Å². The smallest absolute Gasteiger partial charge is 0.222 e. The van der Waals surface area contributed by atoms with Gasteiger partial charge < -0.3 is 10.6 Å². The van der Waals surface area contributed by atoms with Crippen molar-refractivity contribution in [2.24, 2.45) is 11.7 Å². The van der Waals surface area contributed by atoms with Crippen molar-refractivity contribution >= 4 is 29.7 Å². The number of likely N-dealkylation sites (tertiary alicyclic amines) is 1. The fraction of sp³-hybridized carbons (Fsp3) is 0.643. The highest BCUT2D eigenvalue weighted by Crippen LogP contribution is 2.20. The Morgan fingerprint density at radius 1 is 1.53 bits per heavy atom. The summed E-state index contributed by atoms with van der Waals surface area (Å²) in [5.74, 6) is 0.884. The lowest BCUT2D eigenvalue weighted by Crippen LogP contribution is -2.42. The summed E-state index contributed by atoms with van der Waals surface area (Å²) in [6.07, 6.45) is 3.62. The largest absolute Gasteiger partial charge is 0.343 e. The molecular weight excluding hydrogens is 280 g/mol. The van der Waals surface area contributed by atoms with Crippen LogP contribution < -0.4 is 5.73 Å². The monoisotopic (exact) mass is 302 g/mol. The van der Waals surface area contributed by atoms with E-state index in [0.717, 1.165) is 32.4 Å². The molecule has 5 heteroatoms. The quantitative estimate of drug-likeness (QED) is 0.929. The van der Waals surface area contributed by atoms with Crippen molar-refractivity contribution in [3.05, 3.63) is 22.4 Å². The van der Waals surface area contributed by atoms with E-state index in [9.17, 15) is 4.79 Å². The van der Waals surface area contributed by atoms with E-state index in [4.69, 9.17) is 5.73 Å². The molecule has 2 N–H and O–H groups in total. The lowest BCUT2D eigenvalue weighted by molar-refractivity contribution is -0.132. The minimum absolute atomic E-state index is 0. The predicted octanol–water partition coefficient (Wildman–Crippen LogP) is 2.69. The molecular formula is C14H23ClN2OS. The summed E-state index contributed by atoms with van der Waals surface area (Å²) in [5, 5.41) is 4.18. The molecule has 0 radical (unpaired) electrons. The number of hydrogen-bond acceptors (Lipinski definition) is 3. The van der Waals surface area contributed by atoms with Gasteiger partial charge in [-0.25, -0.2) is 0 Å². The fourth-order valence-electron chi connectivity index (χ4n) is 2.52. The molecule has 1 unspecified atom stereocenters. The molecule has 2 heterocycles. The second kappa shape index (κ2) is 7.88. The Labute approximate surface area is 125 Å². The molecule has 1 atom stereocenters. The van der Waals surface area contributed by atoms with E-state index in [0.29, 0.717) is 18.2 Å². The molecule has 3 nitrogen and oxygen atoms in total. The van der Waals surface area contributed by atoms with Gasteiger partial charge in [0.15, 0.2) is 0 Å². The van der Waals surface area contributed by atoms with Crippen LogP contribution >= 0.6 is 23.7 Å². The lowest BCUT2D eigenvalue weighted by Gasteiger charge is -2.33. The van der Waals surface area contributed by atoms with Crippen LogP contribution in [0.15, 0.2) is 16.8 Å². The molecule has 0 saturated carbocycles. The summed E-state index contributed by atoms with van der Waals surface area (Å²) in [5.41, 5.74) is 7.19. The number of rotatable bonds is 4. The molecule has 1 saturated heterocycles. The number of carbonyl (C=O) groups is 1. The molecule has 1 aromatic heterocycles. The maximum Gasteiger partial charge on any atom is 0.222 e. The zero-order valence-corrected chi connectivity index (χ0v) is 13.0. The van der Waals surface area contributed by atoms with Crippen molar-refractivity contribution in [2.45, 2.75) is 38.6 Å². The topological polar surface area (TPSA) is 46.3 Å². The summed E-state index contributed by atoms with van der Waals surface area (Å²) in [7, 11) is 0. The molecule has 0 spiro atoms. The Balaban J connectivity index is 0.00000180. The lowest BCUT2D eigenvalue weighted by atomic mass is 9.91. The van der Waals surface area contributed by atoms with Crippen LogP contribution in [-0.2, 0) is 11.2 Å². The molecule has 0 aromatic carbocycles. The molecule has 2 rings (SSSR count). The third-order valence-electron chi connectivity index (χ3n) is 3.84. The number of thiophene rings is 1. The number of carbonyl (C=O) groups excluding carboxylic acids is 1. The highest BCUT2D eigenvalue weighted by molar-refractivity contribution is 7.07. The van der Waals surface area contributed by atoms with Crippen molar-refractivity contribution in [3.8, 4) is 0 Å². The van der Waals surface area contributed by atoms with Gasteiger partial charge in [0, 0.05) is 25.6 Å². The molecule has 1 aliphatic heterocycles. The Morgan fingerprint density at radius 2 is 2.21 bits per heavy atom. The molecule has 0 bridgehead atoms. The van der Waals surface area contributed by atoms with E-state index in [1.807, 2.05) is 4.90 Å². The van der Waals surface area contributed by atoms with Gasteiger partial charge in [-0.2, -0.15) is 11.3 Å². The van der Waals surface area contributed by atoms with Crippen LogP contribution in [0.25, 0.3) is 0 Å². The Morgan fingerprint density at radius 3 is 2.74 bits per heavy atom. The molecule has 108 valence electrons. The summed E-state index contributed by atoms with van der Waals surface area (Å²) >= 11 is 1.69. The molecule has 1 aliphatic rings. The third kappa shape index (κ3) is 4.79. The second-order valence-corrected chi connectivity index (χ2v) is 5.99. The first kappa shape index (κ1) is 16.5. The number of piperidine rings is 1. The zero-order chi connectivity index (χ0) is 13.0. The van der Waals surface area contributed by atoms with Gasteiger partial charge in [-0.15, -0.1) is 12.4 Å². The first-order valence-electron chi connectivity index (χ1n) is 6.71. The molecule has 1 fully saturated rings. The zero-order valence-electron chi connectivity index (χ0n) is 11.4. The molecule has 0 aliphatic carbocycles. The molecule has 19 heavy (non-hydrogen) atoms. The molecule has 1 aromatic rings. The van der Waals surface area contributed by atoms with E-state index in [-0.39, 0.29) is 18.4 Å². The van der Waals surface area contributed by atoms with Crippen LogP contribution in [0.5, 0.6) is 0 Å². The van der Waals surface area contributed by atoms with E-state index in [1.165, 1.54) is 5.56 Å². The van der Waals surface area contributed by atoms with Gasteiger partial charge in [-0.3, -0.25) is 4.79 Å². The van der Waals surface area contributed by atoms with E-state index in [2.05, 4.69) is 23.8 Å². The van der Waals surface area contributed by atoms with E-state index in [1.54, 1.807) is 11.3 Å². The van der Waals surface area contributed by atoms with E-state index >= 15 is 0 Å². The Kier molecular flexibility index (Phi) is 6.83. The number of hydrogen-bond donors (Lipinski definition) is 1. The highest BCUT2D eigenvalue weighted by Gasteiger charge is 2.24. The SMILES string of the molecule is CC(N)C1CCN(C(=O)CCc2ccsc2)CC1.Cl. The van der Waals surface area contributed by atoms with Gasteiger partial charge in [-0.05, 0) is 54.5 Å². The number of nitrogens with two attached hydrogens (primary N) is 1. The third-order valence-corrected chi connectivity index (χ3v) is 4.58. The van der Waals surface area contributed by atoms with Crippen LogP contribution in [-0.4, -0.2) is 29.9 Å². The highest BCUT2D eigenvalue weighted by atomic mass is 35.5. The fourth-order valence-corrected chi connectivity index (χ4v) is 3.22. The van der Waals surface area contributed by atoms with Crippen LogP contribution in [0.1, 0.15) is 31.7 Å². The minimum atomic E-state index is 0. The van der Waals surface area contributed by atoms with Crippen LogP contribution in [0.2, 0.25) is 0 Å². The standard InChI is InChI=1S/C14H22N2OS.ClH/c1-11(15)13-4-7-16(8-5-13)14(17)3-2-12-6-9-18-10-12;/h6,9-11,13H,2-5,7-8,15H2,1H3;1H. The van der Waals surface area contributed by atoms with Crippen LogP contribution in [0, 0.1) is 5.92 Å². The van der Waals surface area contributed by atoms with Crippen molar-refractivity contribution in [1.82, 2.24) is 4.90 Å². The number of amides is 1. The summed E-state index contributed by atoms with van der Waals surface area (Å²) < 4.78 is 0. The minimum Gasteiger partial charge on any atom is -0.343 e. The van der Waals surface area contributed by atoms with Gasteiger partial charge in [0.2, 0.25) is 5.91 Å². The average Bonchev–Trinajstić information content (AvgIpc) is 2.89. The number of halogens is 1. The van der Waals surface area contributed by atoms with Gasteiger partial charge >= 0.3 is 0 Å². The van der Waals surface area contributed by atoms with Crippen molar-refractivity contribution in [1.29, 1.82) is 0 Å². The number of nitrogens with zero attached hydrogens (tertiary/aromatic N) is 1. The van der Waals surface area contributed by atoms with Crippen molar-refractivity contribution in [3.63, 3.8) is 0 Å². The van der Waals surface area contributed by atoms with Crippen LogP contribution in [0.3, 0.4) is 0 Å². The van der Waals surface area contributed by atoms with Gasteiger partial charge in [-0.1, -0.05) is 0 Å². The number of aryl methyl sites for hydroxylation is 1. The second-order valence-electron chi connectivity index (χ2n) is 5.21. The summed E-state index contributed by atoms with van der Waals surface area (Å²) in [6.45, 7) is 3.84. The Hall–Kier alpha value is -0.580. The van der Waals surface area contributed by atoms with Gasteiger partial charge in [0.25, 0.3) is 0 Å². The summed E-state index contributed by atoms with van der Waals surface area (Å²) in [6, 6.07) is 2.35. The van der Waals surface area contributed by atoms with Gasteiger partial charge in [0.05, 0.1) is 0 Å².